The standard InChI is InChI=1S/C23H26N4O/c1-2-7-17(8-3-1)22-23(25-13-12-24-22)28-19-14-18(15-19)26-21-11-10-16-6-4-5-9-20(16)27-21/h4-6,9-13,17-19H,1-3,7-8,14-15H2,(H,26,27)/t18-,19+. The number of nitrogens with zero attached hydrogens (tertiary/aromatic N) is 3. The van der Waals surface area contributed by atoms with E-state index in [1.165, 1.54) is 37.5 Å². The molecule has 0 aliphatic heterocycles. The summed E-state index contributed by atoms with van der Waals surface area (Å²) in [5.41, 5.74) is 2.09. The van der Waals surface area contributed by atoms with Gasteiger partial charge in [-0.1, -0.05) is 37.5 Å². The van der Waals surface area contributed by atoms with Crippen molar-refractivity contribution in [1.82, 2.24) is 15.0 Å². The molecule has 1 N–H and O–H groups in total. The van der Waals surface area contributed by atoms with Crippen LogP contribution < -0.4 is 10.1 Å². The largest absolute Gasteiger partial charge is 0.473 e. The maximum Gasteiger partial charge on any atom is 0.236 e. The number of para-hydroxylation sites is 1. The van der Waals surface area contributed by atoms with E-state index in [4.69, 9.17) is 9.72 Å². The molecule has 0 bridgehead atoms. The summed E-state index contributed by atoms with van der Waals surface area (Å²) in [4.78, 5) is 13.8. The van der Waals surface area contributed by atoms with Crippen molar-refractivity contribution in [2.24, 2.45) is 0 Å². The average Bonchev–Trinajstić information content (AvgIpc) is 2.73. The molecule has 0 atom stereocenters. The molecule has 1 aromatic carbocycles. The highest BCUT2D eigenvalue weighted by Gasteiger charge is 2.33. The first kappa shape index (κ1) is 17.4. The molecule has 2 heterocycles. The average molecular weight is 374 g/mol. The fourth-order valence-electron chi connectivity index (χ4n) is 4.38. The fraction of sp³-hybridized carbons (Fsp3) is 0.435. The number of benzene rings is 1. The van der Waals surface area contributed by atoms with E-state index in [0.717, 1.165) is 35.8 Å². The van der Waals surface area contributed by atoms with Crippen molar-refractivity contribution in [3.05, 3.63) is 54.5 Å². The molecule has 0 saturated heterocycles. The van der Waals surface area contributed by atoms with Gasteiger partial charge in [0.05, 0.1) is 5.52 Å². The van der Waals surface area contributed by atoms with E-state index in [-0.39, 0.29) is 6.10 Å². The van der Waals surface area contributed by atoms with E-state index in [1.807, 2.05) is 18.2 Å². The Morgan fingerprint density at radius 3 is 2.61 bits per heavy atom. The third kappa shape index (κ3) is 3.66. The summed E-state index contributed by atoms with van der Waals surface area (Å²) in [6.45, 7) is 0. The van der Waals surface area contributed by atoms with Gasteiger partial charge in [0.1, 0.15) is 17.6 Å². The summed E-state index contributed by atoms with van der Waals surface area (Å²) in [6, 6.07) is 12.8. The molecule has 5 nitrogen and oxygen atoms in total. The van der Waals surface area contributed by atoms with Gasteiger partial charge < -0.3 is 10.1 Å². The van der Waals surface area contributed by atoms with Crippen LogP contribution in [0.15, 0.2) is 48.8 Å². The number of ether oxygens (including phenoxy) is 1. The smallest absolute Gasteiger partial charge is 0.236 e. The minimum Gasteiger partial charge on any atom is -0.473 e. The van der Waals surface area contributed by atoms with Gasteiger partial charge in [-0.25, -0.2) is 9.97 Å². The van der Waals surface area contributed by atoms with Gasteiger partial charge in [-0.15, -0.1) is 0 Å². The van der Waals surface area contributed by atoms with Crippen LogP contribution in [-0.4, -0.2) is 27.1 Å². The Bertz CT molecular complexity index is 948. The summed E-state index contributed by atoms with van der Waals surface area (Å²) in [5.74, 6) is 2.19. The van der Waals surface area contributed by atoms with Crippen LogP contribution in [-0.2, 0) is 0 Å². The van der Waals surface area contributed by atoms with Crippen LogP contribution in [0.4, 0.5) is 5.82 Å². The Labute approximate surface area is 165 Å². The van der Waals surface area contributed by atoms with E-state index in [0.29, 0.717) is 12.0 Å². The van der Waals surface area contributed by atoms with Crippen molar-refractivity contribution in [1.29, 1.82) is 0 Å². The van der Waals surface area contributed by atoms with E-state index < -0.39 is 0 Å². The zero-order valence-electron chi connectivity index (χ0n) is 16.1. The van der Waals surface area contributed by atoms with Crippen molar-refractivity contribution in [2.45, 2.75) is 63.0 Å². The SMILES string of the molecule is c1ccc2nc(N[C@H]3C[C@@H](Oc4nccnc4C4CCCCC4)C3)ccc2c1. The number of aromatic nitrogens is 3. The van der Waals surface area contributed by atoms with Crippen molar-refractivity contribution >= 4 is 16.7 Å². The maximum absolute atomic E-state index is 6.24. The molecule has 144 valence electrons. The Kier molecular flexibility index (Phi) is 4.81. The normalized spacial score (nSPS) is 22.6. The number of hydrogen-bond donors (Lipinski definition) is 1. The van der Waals surface area contributed by atoms with Crippen LogP contribution in [0.25, 0.3) is 10.9 Å². The molecular formula is C23H26N4O. The van der Waals surface area contributed by atoms with Crippen LogP contribution in [0.5, 0.6) is 5.88 Å². The lowest BCUT2D eigenvalue weighted by atomic mass is 9.86. The lowest BCUT2D eigenvalue weighted by Crippen LogP contribution is -2.43. The first-order chi connectivity index (χ1) is 13.8. The van der Waals surface area contributed by atoms with Gasteiger partial charge in [0.25, 0.3) is 0 Å². The van der Waals surface area contributed by atoms with Crippen LogP contribution in [0.2, 0.25) is 0 Å². The van der Waals surface area contributed by atoms with Gasteiger partial charge in [-0.05, 0) is 31.0 Å². The predicted octanol–water partition coefficient (Wildman–Crippen LogP) is 5.09. The lowest BCUT2D eigenvalue weighted by Gasteiger charge is -2.36. The number of fused-ring (bicyclic) bond motifs is 1. The maximum atomic E-state index is 6.24. The first-order valence-corrected chi connectivity index (χ1v) is 10.4. The van der Waals surface area contributed by atoms with Crippen LogP contribution in [0, 0.1) is 0 Å². The molecule has 2 aliphatic carbocycles. The highest BCUT2D eigenvalue weighted by Crippen LogP contribution is 2.37. The second-order valence-electron chi connectivity index (χ2n) is 8.02. The van der Waals surface area contributed by atoms with Gasteiger partial charge in [0, 0.05) is 42.6 Å². The van der Waals surface area contributed by atoms with Gasteiger partial charge >= 0.3 is 0 Å². The highest BCUT2D eigenvalue weighted by atomic mass is 16.5. The molecule has 3 aromatic rings. The summed E-state index contributed by atoms with van der Waals surface area (Å²) >= 11 is 0. The Balaban J connectivity index is 1.19. The Morgan fingerprint density at radius 1 is 0.893 bits per heavy atom. The van der Waals surface area contributed by atoms with Crippen LogP contribution in [0.1, 0.15) is 56.6 Å². The first-order valence-electron chi connectivity index (χ1n) is 10.4. The van der Waals surface area contributed by atoms with Gasteiger partial charge in [-0.2, -0.15) is 0 Å². The van der Waals surface area contributed by atoms with E-state index in [9.17, 15) is 0 Å². The molecule has 2 fully saturated rings. The molecule has 28 heavy (non-hydrogen) atoms. The molecule has 0 unspecified atom stereocenters. The molecule has 2 aliphatic rings. The summed E-state index contributed by atoms with van der Waals surface area (Å²) in [6.07, 6.45) is 12.0. The number of hydrogen-bond acceptors (Lipinski definition) is 5. The minimum atomic E-state index is 0.206. The highest BCUT2D eigenvalue weighted by molar-refractivity contribution is 5.80. The third-order valence-corrected chi connectivity index (χ3v) is 6.01. The zero-order chi connectivity index (χ0) is 18.8. The predicted molar refractivity (Wildman–Crippen MR) is 111 cm³/mol. The monoisotopic (exact) mass is 374 g/mol. The molecule has 5 heteroatoms. The van der Waals surface area contributed by atoms with E-state index >= 15 is 0 Å². The minimum absolute atomic E-state index is 0.206. The molecule has 2 aromatic heterocycles. The van der Waals surface area contributed by atoms with Gasteiger partial charge in [0.2, 0.25) is 5.88 Å². The third-order valence-electron chi connectivity index (χ3n) is 6.01. The molecule has 0 spiro atoms. The topological polar surface area (TPSA) is 59.9 Å². The van der Waals surface area contributed by atoms with Crippen molar-refractivity contribution in [2.75, 3.05) is 5.32 Å². The van der Waals surface area contributed by atoms with Crippen molar-refractivity contribution in [3.8, 4) is 5.88 Å². The van der Waals surface area contributed by atoms with Crippen LogP contribution in [0.3, 0.4) is 0 Å². The number of rotatable bonds is 5. The number of nitrogens with one attached hydrogen (secondary N) is 1. The quantitative estimate of drug-likeness (QED) is 0.674. The van der Waals surface area contributed by atoms with Crippen molar-refractivity contribution in [3.63, 3.8) is 0 Å². The second-order valence-corrected chi connectivity index (χ2v) is 8.02. The van der Waals surface area contributed by atoms with E-state index in [2.05, 4.69) is 33.5 Å². The summed E-state index contributed by atoms with van der Waals surface area (Å²) < 4.78 is 6.24. The lowest BCUT2D eigenvalue weighted by molar-refractivity contribution is 0.0996. The molecule has 2 saturated carbocycles. The van der Waals surface area contributed by atoms with Gasteiger partial charge in [0.15, 0.2) is 0 Å². The van der Waals surface area contributed by atoms with Crippen molar-refractivity contribution < 1.29 is 4.74 Å². The van der Waals surface area contributed by atoms with Crippen LogP contribution >= 0.6 is 0 Å². The number of anilines is 1. The molecular weight excluding hydrogens is 348 g/mol. The Hall–Kier alpha value is -2.69. The summed E-state index contributed by atoms with van der Waals surface area (Å²) in [5, 5.41) is 4.70. The number of pyridine rings is 1. The van der Waals surface area contributed by atoms with Gasteiger partial charge in [-0.3, -0.25) is 4.98 Å². The molecule has 5 rings (SSSR count). The zero-order valence-corrected chi connectivity index (χ0v) is 16.1. The van der Waals surface area contributed by atoms with E-state index in [1.54, 1.807) is 12.4 Å². The molecule has 0 radical (unpaired) electrons. The Morgan fingerprint density at radius 2 is 1.71 bits per heavy atom. The fourth-order valence-corrected chi connectivity index (χ4v) is 4.38. The second kappa shape index (κ2) is 7.74. The molecule has 0 amide bonds. The summed E-state index contributed by atoms with van der Waals surface area (Å²) in [7, 11) is 0.